The Morgan fingerprint density at radius 3 is 2.53 bits per heavy atom. The summed E-state index contributed by atoms with van der Waals surface area (Å²) >= 11 is 0. The van der Waals surface area contributed by atoms with Gasteiger partial charge < -0.3 is 4.74 Å². The van der Waals surface area contributed by atoms with Gasteiger partial charge in [0.25, 0.3) is 0 Å². The molecule has 0 saturated heterocycles. The maximum absolute atomic E-state index is 13.6. The third-order valence-corrected chi connectivity index (χ3v) is 3.33. The number of hydrogen-bond donors (Lipinski definition) is 0. The van der Waals surface area contributed by atoms with Crippen molar-refractivity contribution in [3.05, 3.63) is 71.0 Å². The zero-order valence-electron chi connectivity index (χ0n) is 9.90. The third-order valence-electron chi connectivity index (χ3n) is 3.33. The largest absolute Gasteiger partial charge is 0.443 e. The quantitative estimate of drug-likeness (QED) is 0.775. The van der Waals surface area contributed by atoms with Gasteiger partial charge in [0.1, 0.15) is 12.5 Å². The van der Waals surface area contributed by atoms with E-state index in [-0.39, 0.29) is 11.1 Å². The molecule has 0 N–H and O–H groups in total. The second-order valence-electron chi connectivity index (χ2n) is 4.41. The predicted molar refractivity (Wildman–Crippen MR) is 65.0 cm³/mol. The lowest BCUT2D eigenvalue weighted by Gasteiger charge is -2.26. The maximum Gasteiger partial charge on any atom is 0.339 e. The van der Waals surface area contributed by atoms with Crippen LogP contribution < -0.4 is 0 Å². The molecule has 4 heteroatoms. The van der Waals surface area contributed by atoms with Gasteiger partial charge in [-0.3, -0.25) is 0 Å². The molecule has 0 saturated carbocycles. The summed E-state index contributed by atoms with van der Waals surface area (Å²) < 4.78 is 32.2. The van der Waals surface area contributed by atoms with Crippen molar-refractivity contribution in [3.63, 3.8) is 0 Å². The average molecular weight is 260 g/mol. The van der Waals surface area contributed by atoms with Gasteiger partial charge in [-0.1, -0.05) is 30.3 Å². The van der Waals surface area contributed by atoms with Crippen LogP contribution >= 0.6 is 0 Å². The Morgan fingerprint density at radius 1 is 1.11 bits per heavy atom. The molecule has 1 aliphatic rings. The van der Waals surface area contributed by atoms with E-state index in [4.69, 9.17) is 4.74 Å². The number of cyclic esters (lactones) is 1. The molecule has 96 valence electrons. The highest BCUT2D eigenvalue weighted by molar-refractivity contribution is 5.95. The molecule has 2 nitrogen and oxygen atoms in total. The molecule has 0 fully saturated rings. The number of hydrogen-bond acceptors (Lipinski definition) is 2. The summed E-state index contributed by atoms with van der Waals surface area (Å²) in [6.45, 7) is -0.931. The van der Waals surface area contributed by atoms with Gasteiger partial charge in [-0.15, -0.1) is 0 Å². The van der Waals surface area contributed by atoms with Crippen molar-refractivity contribution in [1.82, 2.24) is 0 Å². The van der Waals surface area contributed by atoms with E-state index < -0.39 is 24.1 Å². The number of carbonyl (C=O) groups excluding carboxylic acids is 1. The van der Waals surface area contributed by atoms with E-state index in [2.05, 4.69) is 0 Å². The minimum Gasteiger partial charge on any atom is -0.443 e. The first-order valence-corrected chi connectivity index (χ1v) is 5.82. The minimum atomic E-state index is -1.53. The highest BCUT2D eigenvalue weighted by Gasteiger charge is 2.47. The lowest BCUT2D eigenvalue weighted by atomic mass is 9.86. The standard InChI is InChI=1S/C15H10F2O2/c16-9-15(10-4-2-1-3-5-10)13-8-11(17)6-7-12(13)14(18)19-15/h1-8H,9H2/t15-/m1/s1. The average Bonchev–Trinajstić information content (AvgIpc) is 2.73. The summed E-state index contributed by atoms with van der Waals surface area (Å²) in [7, 11) is 0. The fourth-order valence-electron chi connectivity index (χ4n) is 2.40. The molecule has 3 rings (SSSR count). The number of halogens is 2. The van der Waals surface area contributed by atoms with Gasteiger partial charge in [-0.05, 0) is 18.2 Å². The molecule has 19 heavy (non-hydrogen) atoms. The Morgan fingerprint density at radius 2 is 1.84 bits per heavy atom. The normalized spacial score (nSPS) is 21.1. The van der Waals surface area contributed by atoms with Gasteiger partial charge in [-0.25, -0.2) is 13.6 Å². The number of carbonyl (C=O) groups is 1. The van der Waals surface area contributed by atoms with Gasteiger partial charge >= 0.3 is 5.97 Å². The molecule has 0 unspecified atom stereocenters. The predicted octanol–water partition coefficient (Wildman–Crippen LogP) is 3.21. The van der Waals surface area contributed by atoms with Gasteiger partial charge in [0, 0.05) is 11.1 Å². The van der Waals surface area contributed by atoms with Crippen molar-refractivity contribution in [3.8, 4) is 0 Å². The van der Waals surface area contributed by atoms with Crippen molar-refractivity contribution in [2.45, 2.75) is 5.60 Å². The Balaban J connectivity index is 2.26. The van der Waals surface area contributed by atoms with Crippen LogP contribution in [0, 0.1) is 5.82 Å². The summed E-state index contributed by atoms with van der Waals surface area (Å²) in [5, 5.41) is 0. The van der Waals surface area contributed by atoms with E-state index in [1.54, 1.807) is 30.3 Å². The van der Waals surface area contributed by atoms with E-state index >= 15 is 0 Å². The second kappa shape index (κ2) is 4.16. The fraction of sp³-hybridized carbons (Fsp3) is 0.133. The number of rotatable bonds is 2. The summed E-state index contributed by atoms with van der Waals surface area (Å²) in [5.41, 5.74) is -0.584. The van der Waals surface area contributed by atoms with Crippen LogP contribution in [0.2, 0.25) is 0 Å². The zero-order chi connectivity index (χ0) is 13.5. The zero-order valence-corrected chi connectivity index (χ0v) is 9.90. The van der Waals surface area contributed by atoms with Crippen molar-refractivity contribution >= 4 is 5.97 Å². The van der Waals surface area contributed by atoms with E-state index in [0.29, 0.717) is 5.56 Å². The first kappa shape index (κ1) is 11.8. The van der Waals surface area contributed by atoms with Crippen LogP contribution in [0.3, 0.4) is 0 Å². The molecule has 2 aromatic carbocycles. The number of esters is 1. The summed E-state index contributed by atoms with van der Waals surface area (Å²) in [5.74, 6) is -1.15. The van der Waals surface area contributed by atoms with Crippen LogP contribution in [0.15, 0.2) is 48.5 Å². The van der Waals surface area contributed by atoms with E-state index in [1.165, 1.54) is 12.1 Å². The van der Waals surface area contributed by atoms with Crippen LogP contribution in [0.4, 0.5) is 8.78 Å². The van der Waals surface area contributed by atoms with Crippen LogP contribution in [0.25, 0.3) is 0 Å². The molecule has 2 aromatic rings. The second-order valence-corrected chi connectivity index (χ2v) is 4.41. The van der Waals surface area contributed by atoms with Crippen LogP contribution in [-0.2, 0) is 10.3 Å². The number of benzene rings is 2. The molecular formula is C15H10F2O2. The Bertz CT molecular complexity index is 640. The molecule has 0 radical (unpaired) electrons. The summed E-state index contributed by atoms with van der Waals surface area (Å²) in [6, 6.07) is 12.2. The lowest BCUT2D eigenvalue weighted by Crippen LogP contribution is -2.30. The Labute approximate surface area is 108 Å². The molecule has 1 aliphatic heterocycles. The highest BCUT2D eigenvalue weighted by atomic mass is 19.1. The number of fused-ring (bicyclic) bond motifs is 1. The van der Waals surface area contributed by atoms with Crippen LogP contribution in [0.1, 0.15) is 21.5 Å². The monoisotopic (exact) mass is 260 g/mol. The van der Waals surface area contributed by atoms with E-state index in [9.17, 15) is 13.6 Å². The molecule has 1 heterocycles. The van der Waals surface area contributed by atoms with Gasteiger partial charge in [0.2, 0.25) is 0 Å². The molecule has 0 bridgehead atoms. The van der Waals surface area contributed by atoms with Gasteiger partial charge in [-0.2, -0.15) is 0 Å². The van der Waals surface area contributed by atoms with E-state index in [1.807, 2.05) is 0 Å². The maximum atomic E-state index is 13.6. The smallest absolute Gasteiger partial charge is 0.339 e. The van der Waals surface area contributed by atoms with Crippen LogP contribution in [-0.4, -0.2) is 12.6 Å². The van der Waals surface area contributed by atoms with E-state index in [0.717, 1.165) is 6.07 Å². The molecule has 1 atom stereocenters. The lowest BCUT2D eigenvalue weighted by molar-refractivity contribution is 0.000321. The van der Waals surface area contributed by atoms with Gasteiger partial charge in [0.05, 0.1) is 5.56 Å². The number of ether oxygens (including phenoxy) is 1. The highest BCUT2D eigenvalue weighted by Crippen LogP contribution is 2.42. The number of alkyl halides is 1. The fourth-order valence-corrected chi connectivity index (χ4v) is 2.40. The topological polar surface area (TPSA) is 26.3 Å². The van der Waals surface area contributed by atoms with Crippen LogP contribution in [0.5, 0.6) is 0 Å². The molecular weight excluding hydrogens is 250 g/mol. The summed E-state index contributed by atoms with van der Waals surface area (Å²) in [6.07, 6.45) is 0. The minimum absolute atomic E-state index is 0.211. The first-order chi connectivity index (χ1) is 9.17. The van der Waals surface area contributed by atoms with Crippen molar-refractivity contribution in [1.29, 1.82) is 0 Å². The Hall–Kier alpha value is -2.23. The van der Waals surface area contributed by atoms with Crippen molar-refractivity contribution in [2.75, 3.05) is 6.67 Å². The van der Waals surface area contributed by atoms with Gasteiger partial charge in [0.15, 0.2) is 5.60 Å². The Kier molecular flexibility index (Phi) is 2.59. The van der Waals surface area contributed by atoms with Crippen molar-refractivity contribution < 1.29 is 18.3 Å². The molecule has 0 aliphatic carbocycles. The van der Waals surface area contributed by atoms with Crippen molar-refractivity contribution in [2.24, 2.45) is 0 Å². The molecule has 0 amide bonds. The molecule has 0 aromatic heterocycles. The first-order valence-electron chi connectivity index (χ1n) is 5.82. The third kappa shape index (κ3) is 1.63. The SMILES string of the molecule is O=C1O[C@](CF)(c2ccccc2)c2cc(F)ccc21. The molecule has 0 spiro atoms. The summed E-state index contributed by atoms with van der Waals surface area (Å²) in [4.78, 5) is 11.8.